The molecule has 0 aromatic heterocycles. The van der Waals surface area contributed by atoms with Gasteiger partial charge in [-0.05, 0) is 69.0 Å². The number of nitrogens with zero attached hydrogens (tertiary/aromatic N) is 1. The zero-order chi connectivity index (χ0) is 22.9. The molecule has 2 aromatic rings. The average Bonchev–Trinajstić information content (AvgIpc) is 2.83. The molecular formula is C25H32N4O3. The molecule has 1 unspecified atom stereocenters. The molecule has 2 aromatic carbocycles. The highest BCUT2D eigenvalue weighted by Gasteiger charge is 2.18. The third-order valence-corrected chi connectivity index (χ3v) is 5.60. The van der Waals surface area contributed by atoms with Crippen LogP contribution in [0.15, 0.2) is 48.5 Å². The van der Waals surface area contributed by atoms with E-state index < -0.39 is 0 Å². The van der Waals surface area contributed by atoms with Crippen LogP contribution in [-0.4, -0.2) is 48.3 Å². The summed E-state index contributed by atoms with van der Waals surface area (Å²) in [6.45, 7) is 5.59. The minimum absolute atomic E-state index is 0.00593. The lowest BCUT2D eigenvalue weighted by Gasteiger charge is -2.26. The average molecular weight is 437 g/mol. The summed E-state index contributed by atoms with van der Waals surface area (Å²) in [6, 6.07) is 14.2. The van der Waals surface area contributed by atoms with Gasteiger partial charge in [-0.25, -0.2) is 0 Å². The van der Waals surface area contributed by atoms with Crippen LogP contribution in [0.3, 0.4) is 0 Å². The van der Waals surface area contributed by atoms with Gasteiger partial charge >= 0.3 is 0 Å². The number of nitrogens with one attached hydrogen (secondary N) is 3. The third kappa shape index (κ3) is 6.57. The zero-order valence-electron chi connectivity index (χ0n) is 18.8. The molecule has 3 rings (SSSR count). The van der Waals surface area contributed by atoms with E-state index in [-0.39, 0.29) is 30.3 Å². The highest BCUT2D eigenvalue weighted by atomic mass is 16.2. The van der Waals surface area contributed by atoms with Crippen molar-refractivity contribution in [3.8, 4) is 0 Å². The number of hydrogen-bond acceptors (Lipinski definition) is 4. The van der Waals surface area contributed by atoms with Gasteiger partial charge < -0.3 is 20.9 Å². The highest BCUT2D eigenvalue weighted by Crippen LogP contribution is 2.17. The lowest BCUT2D eigenvalue weighted by atomic mass is 10.1. The summed E-state index contributed by atoms with van der Waals surface area (Å²) in [5.74, 6) is -0.365. The Morgan fingerprint density at radius 1 is 0.938 bits per heavy atom. The van der Waals surface area contributed by atoms with Gasteiger partial charge in [0.25, 0.3) is 11.8 Å². The number of hydrogen-bond donors (Lipinski definition) is 3. The second-order valence-electron chi connectivity index (χ2n) is 8.20. The summed E-state index contributed by atoms with van der Waals surface area (Å²) < 4.78 is 0. The first-order valence-corrected chi connectivity index (χ1v) is 11.3. The highest BCUT2D eigenvalue weighted by molar-refractivity contribution is 5.98. The van der Waals surface area contributed by atoms with E-state index in [1.54, 1.807) is 42.5 Å². The van der Waals surface area contributed by atoms with Crippen molar-refractivity contribution in [2.75, 3.05) is 30.3 Å². The Morgan fingerprint density at radius 2 is 1.59 bits per heavy atom. The molecule has 32 heavy (non-hydrogen) atoms. The minimum atomic E-state index is -0.234. The molecule has 1 heterocycles. The van der Waals surface area contributed by atoms with Crippen LogP contribution in [0.4, 0.5) is 11.4 Å². The van der Waals surface area contributed by atoms with Gasteiger partial charge in [0.15, 0.2) is 0 Å². The first kappa shape index (κ1) is 23.3. The van der Waals surface area contributed by atoms with E-state index in [1.165, 1.54) is 0 Å². The molecule has 1 aliphatic heterocycles. The van der Waals surface area contributed by atoms with Crippen molar-refractivity contribution in [3.63, 3.8) is 0 Å². The van der Waals surface area contributed by atoms with Crippen LogP contribution >= 0.6 is 0 Å². The standard InChI is InChI=1S/C25H32N4O3/c1-3-18(2)27-24(31)19-9-7-11-21(15-19)26-17-23(30)28-22-12-8-10-20(16-22)25(32)29-13-5-4-6-14-29/h7-12,15-16,18,26H,3-6,13-14,17H2,1-2H3,(H,27,31)(H,28,30). The van der Waals surface area contributed by atoms with E-state index in [0.29, 0.717) is 22.5 Å². The van der Waals surface area contributed by atoms with Gasteiger partial charge in [0, 0.05) is 41.6 Å². The third-order valence-electron chi connectivity index (χ3n) is 5.60. The van der Waals surface area contributed by atoms with Crippen LogP contribution in [0.5, 0.6) is 0 Å². The first-order chi connectivity index (χ1) is 15.5. The summed E-state index contributed by atoms with van der Waals surface area (Å²) in [4.78, 5) is 39.3. The molecule has 0 radical (unpaired) electrons. The molecule has 170 valence electrons. The van der Waals surface area contributed by atoms with Gasteiger partial charge in [0.1, 0.15) is 0 Å². The number of carbonyl (C=O) groups excluding carboxylic acids is 3. The number of amides is 3. The Kier molecular flexibility index (Phi) is 8.25. The van der Waals surface area contributed by atoms with Gasteiger partial charge in [-0.2, -0.15) is 0 Å². The topological polar surface area (TPSA) is 90.5 Å². The summed E-state index contributed by atoms with van der Waals surface area (Å²) in [6.07, 6.45) is 4.09. The number of rotatable bonds is 8. The van der Waals surface area contributed by atoms with Crippen molar-refractivity contribution < 1.29 is 14.4 Å². The fourth-order valence-corrected chi connectivity index (χ4v) is 3.58. The molecule has 7 heteroatoms. The minimum Gasteiger partial charge on any atom is -0.376 e. The van der Waals surface area contributed by atoms with Crippen LogP contribution < -0.4 is 16.0 Å². The van der Waals surface area contributed by atoms with Gasteiger partial charge in [0.05, 0.1) is 6.54 Å². The molecule has 0 bridgehead atoms. The van der Waals surface area contributed by atoms with E-state index >= 15 is 0 Å². The number of anilines is 2. The van der Waals surface area contributed by atoms with Crippen LogP contribution in [0.1, 0.15) is 60.2 Å². The molecule has 1 saturated heterocycles. The quantitative estimate of drug-likeness (QED) is 0.586. The largest absolute Gasteiger partial charge is 0.376 e. The van der Waals surface area contributed by atoms with Crippen molar-refractivity contribution >= 4 is 29.1 Å². The maximum atomic E-state index is 12.7. The number of piperidine rings is 1. The van der Waals surface area contributed by atoms with Crippen LogP contribution in [0.25, 0.3) is 0 Å². The summed E-state index contributed by atoms with van der Waals surface area (Å²) in [5.41, 5.74) is 2.39. The molecule has 3 amide bonds. The summed E-state index contributed by atoms with van der Waals surface area (Å²) >= 11 is 0. The Balaban J connectivity index is 1.54. The molecular weight excluding hydrogens is 404 g/mol. The Morgan fingerprint density at radius 3 is 2.31 bits per heavy atom. The number of benzene rings is 2. The van der Waals surface area contributed by atoms with E-state index in [2.05, 4.69) is 16.0 Å². The lowest BCUT2D eigenvalue weighted by Crippen LogP contribution is -2.35. The van der Waals surface area contributed by atoms with E-state index in [1.807, 2.05) is 24.8 Å². The Bertz CT molecular complexity index is 954. The second kappa shape index (κ2) is 11.3. The smallest absolute Gasteiger partial charge is 0.253 e. The van der Waals surface area contributed by atoms with Crippen LogP contribution in [0, 0.1) is 0 Å². The van der Waals surface area contributed by atoms with Gasteiger partial charge in [0.2, 0.25) is 5.91 Å². The molecule has 1 aliphatic rings. The van der Waals surface area contributed by atoms with Gasteiger partial charge in [-0.15, -0.1) is 0 Å². The molecule has 0 aliphatic carbocycles. The second-order valence-corrected chi connectivity index (χ2v) is 8.20. The Labute approximate surface area is 189 Å². The molecule has 1 atom stereocenters. The maximum Gasteiger partial charge on any atom is 0.253 e. The first-order valence-electron chi connectivity index (χ1n) is 11.3. The van der Waals surface area contributed by atoms with E-state index in [4.69, 9.17) is 0 Å². The van der Waals surface area contributed by atoms with E-state index in [9.17, 15) is 14.4 Å². The maximum absolute atomic E-state index is 12.7. The zero-order valence-corrected chi connectivity index (χ0v) is 18.8. The van der Waals surface area contributed by atoms with Crippen LogP contribution in [-0.2, 0) is 4.79 Å². The molecule has 3 N–H and O–H groups in total. The van der Waals surface area contributed by atoms with Crippen molar-refractivity contribution in [1.29, 1.82) is 0 Å². The monoisotopic (exact) mass is 436 g/mol. The Hall–Kier alpha value is -3.35. The van der Waals surface area contributed by atoms with Crippen LogP contribution in [0.2, 0.25) is 0 Å². The summed E-state index contributed by atoms with van der Waals surface area (Å²) in [7, 11) is 0. The SMILES string of the molecule is CCC(C)NC(=O)c1cccc(NCC(=O)Nc2cccc(C(=O)N3CCCCC3)c2)c1. The molecule has 1 fully saturated rings. The van der Waals surface area contributed by atoms with Crippen molar-refractivity contribution in [2.24, 2.45) is 0 Å². The summed E-state index contributed by atoms with van der Waals surface area (Å²) in [5, 5.41) is 8.81. The van der Waals surface area contributed by atoms with Crippen molar-refractivity contribution in [1.82, 2.24) is 10.2 Å². The fraction of sp³-hybridized carbons (Fsp3) is 0.400. The number of likely N-dealkylation sites (tertiary alicyclic amines) is 1. The molecule has 0 spiro atoms. The van der Waals surface area contributed by atoms with Gasteiger partial charge in [-0.3, -0.25) is 14.4 Å². The lowest BCUT2D eigenvalue weighted by molar-refractivity contribution is -0.114. The number of carbonyl (C=O) groups is 3. The van der Waals surface area contributed by atoms with E-state index in [0.717, 1.165) is 38.8 Å². The predicted octanol–water partition coefficient (Wildman–Crippen LogP) is 3.89. The van der Waals surface area contributed by atoms with Crippen molar-refractivity contribution in [3.05, 3.63) is 59.7 Å². The fourth-order valence-electron chi connectivity index (χ4n) is 3.58. The molecule has 0 saturated carbocycles. The van der Waals surface area contributed by atoms with Gasteiger partial charge in [-0.1, -0.05) is 19.1 Å². The normalized spacial score (nSPS) is 14.4. The predicted molar refractivity (Wildman–Crippen MR) is 127 cm³/mol. The molecule has 7 nitrogen and oxygen atoms in total. The van der Waals surface area contributed by atoms with Crippen molar-refractivity contribution in [2.45, 2.75) is 45.6 Å².